The van der Waals surface area contributed by atoms with Crippen LogP contribution in [-0.2, 0) is 0 Å². The van der Waals surface area contributed by atoms with Gasteiger partial charge in [0.25, 0.3) is 0 Å². The molecule has 0 aromatic carbocycles. The van der Waals surface area contributed by atoms with Crippen molar-refractivity contribution in [2.24, 2.45) is 0 Å². The van der Waals surface area contributed by atoms with Crippen LogP contribution in [0.1, 0.15) is 12.8 Å². The summed E-state index contributed by atoms with van der Waals surface area (Å²) in [7, 11) is 0. The number of pyridine rings is 1. The summed E-state index contributed by atoms with van der Waals surface area (Å²) in [4.78, 5) is 4.07. The maximum atomic E-state index is 8.55. The molecule has 0 bridgehead atoms. The Hall–Kier alpha value is -0.800. The molecule has 3 nitrogen and oxygen atoms in total. The van der Waals surface area contributed by atoms with Crippen molar-refractivity contribution in [3.8, 4) is 0 Å². The van der Waals surface area contributed by atoms with Crippen molar-refractivity contribution in [1.29, 1.82) is 0 Å². The minimum atomic E-state index is 0.234. The van der Waals surface area contributed by atoms with Crippen molar-refractivity contribution < 1.29 is 5.11 Å². The summed E-state index contributed by atoms with van der Waals surface area (Å²) >= 11 is 5.86. The second-order valence-corrected chi connectivity index (χ2v) is 3.10. The van der Waals surface area contributed by atoms with Crippen molar-refractivity contribution >= 4 is 17.4 Å². The largest absolute Gasteiger partial charge is 0.396 e. The summed E-state index contributed by atoms with van der Waals surface area (Å²) < 4.78 is 0. The maximum Gasteiger partial charge on any atom is 0.144 e. The zero-order valence-corrected chi connectivity index (χ0v) is 8.09. The number of unbranched alkanes of at least 4 members (excludes halogenated alkanes) is 1. The molecule has 4 heteroatoms. The highest BCUT2D eigenvalue weighted by Crippen LogP contribution is 2.16. The number of aliphatic hydroxyl groups excluding tert-OH is 1. The third-order valence-electron chi connectivity index (χ3n) is 1.64. The molecule has 1 rings (SSSR count). The topological polar surface area (TPSA) is 45.1 Å². The van der Waals surface area contributed by atoms with E-state index in [2.05, 4.69) is 10.3 Å². The number of hydrogen-bond donors (Lipinski definition) is 2. The molecule has 0 saturated heterocycles. The van der Waals surface area contributed by atoms with Crippen molar-refractivity contribution in [2.45, 2.75) is 12.8 Å². The van der Waals surface area contributed by atoms with E-state index in [0.29, 0.717) is 10.8 Å². The Bertz CT molecular complexity index is 255. The molecule has 0 atom stereocenters. The first-order valence-electron chi connectivity index (χ1n) is 4.30. The minimum Gasteiger partial charge on any atom is -0.396 e. The number of hydrogen-bond acceptors (Lipinski definition) is 3. The van der Waals surface area contributed by atoms with E-state index in [0.717, 1.165) is 19.4 Å². The van der Waals surface area contributed by atoms with E-state index in [9.17, 15) is 0 Å². The molecule has 1 aromatic heterocycles. The summed E-state index contributed by atoms with van der Waals surface area (Å²) in [5, 5.41) is 12.3. The average Bonchev–Trinajstić information content (AvgIpc) is 2.15. The number of halogens is 1. The highest BCUT2D eigenvalue weighted by Gasteiger charge is 1.97. The molecule has 0 amide bonds. The number of anilines is 1. The standard InChI is InChI=1S/C9H13ClN2O/c10-8-4-3-6-12-9(8)11-5-1-2-7-13/h3-4,6,13H,1-2,5,7H2,(H,11,12). The van der Waals surface area contributed by atoms with Crippen LogP contribution in [0.2, 0.25) is 5.02 Å². The van der Waals surface area contributed by atoms with E-state index in [1.54, 1.807) is 18.3 Å². The lowest BCUT2D eigenvalue weighted by Crippen LogP contribution is -2.04. The summed E-state index contributed by atoms with van der Waals surface area (Å²) in [5.74, 6) is 0.710. The molecule has 13 heavy (non-hydrogen) atoms. The predicted octanol–water partition coefficient (Wildman–Crippen LogP) is 1.92. The lowest BCUT2D eigenvalue weighted by Gasteiger charge is -2.05. The Morgan fingerprint density at radius 3 is 3.00 bits per heavy atom. The third kappa shape index (κ3) is 3.61. The number of nitrogens with one attached hydrogen (secondary N) is 1. The monoisotopic (exact) mass is 200 g/mol. The summed E-state index contributed by atoms with van der Waals surface area (Å²) in [6.45, 7) is 1.02. The van der Waals surface area contributed by atoms with Gasteiger partial charge >= 0.3 is 0 Å². The Balaban J connectivity index is 2.32. The second kappa shape index (κ2) is 5.78. The molecule has 2 N–H and O–H groups in total. The zero-order chi connectivity index (χ0) is 9.52. The molecule has 0 spiro atoms. The number of aromatic nitrogens is 1. The van der Waals surface area contributed by atoms with Gasteiger partial charge in [-0.2, -0.15) is 0 Å². The van der Waals surface area contributed by atoms with Gasteiger partial charge in [-0.25, -0.2) is 4.98 Å². The quantitative estimate of drug-likeness (QED) is 0.714. The van der Waals surface area contributed by atoms with Gasteiger partial charge in [-0.1, -0.05) is 11.6 Å². The SMILES string of the molecule is OCCCCNc1ncccc1Cl. The number of nitrogens with zero attached hydrogens (tertiary/aromatic N) is 1. The van der Waals surface area contributed by atoms with E-state index in [1.165, 1.54) is 0 Å². The molecule has 0 aliphatic carbocycles. The van der Waals surface area contributed by atoms with Gasteiger partial charge in [0.05, 0.1) is 5.02 Å². The second-order valence-electron chi connectivity index (χ2n) is 2.69. The highest BCUT2D eigenvalue weighted by molar-refractivity contribution is 6.32. The summed E-state index contributed by atoms with van der Waals surface area (Å²) in [5.41, 5.74) is 0. The van der Waals surface area contributed by atoms with Crippen LogP contribution in [0.3, 0.4) is 0 Å². The minimum absolute atomic E-state index is 0.234. The molecule has 0 unspecified atom stereocenters. The molecule has 72 valence electrons. The molecule has 0 aliphatic rings. The zero-order valence-electron chi connectivity index (χ0n) is 7.33. The van der Waals surface area contributed by atoms with Crippen molar-refractivity contribution in [3.05, 3.63) is 23.4 Å². The third-order valence-corrected chi connectivity index (χ3v) is 1.94. The first-order valence-corrected chi connectivity index (χ1v) is 4.67. The number of rotatable bonds is 5. The van der Waals surface area contributed by atoms with Gasteiger partial charge in [0.15, 0.2) is 0 Å². The van der Waals surface area contributed by atoms with E-state index in [1.807, 2.05) is 0 Å². The summed E-state index contributed by atoms with van der Waals surface area (Å²) in [6.07, 6.45) is 3.42. The summed E-state index contributed by atoms with van der Waals surface area (Å²) in [6, 6.07) is 3.59. The van der Waals surface area contributed by atoms with Crippen LogP contribution in [0.15, 0.2) is 18.3 Å². The fourth-order valence-corrected chi connectivity index (χ4v) is 1.15. The number of aliphatic hydroxyl groups is 1. The van der Waals surface area contributed by atoms with E-state index < -0.39 is 0 Å². The van der Waals surface area contributed by atoms with Gasteiger partial charge in [0.1, 0.15) is 5.82 Å². The van der Waals surface area contributed by atoms with Crippen LogP contribution < -0.4 is 5.32 Å². The molecule has 1 aromatic rings. The van der Waals surface area contributed by atoms with Crippen molar-refractivity contribution in [3.63, 3.8) is 0 Å². The first-order chi connectivity index (χ1) is 6.34. The van der Waals surface area contributed by atoms with E-state index in [4.69, 9.17) is 16.7 Å². The lowest BCUT2D eigenvalue weighted by molar-refractivity contribution is 0.286. The normalized spacial score (nSPS) is 10.0. The Morgan fingerprint density at radius 1 is 1.46 bits per heavy atom. The smallest absolute Gasteiger partial charge is 0.144 e. The van der Waals surface area contributed by atoms with Gasteiger partial charge < -0.3 is 10.4 Å². The molecule has 0 radical (unpaired) electrons. The lowest BCUT2D eigenvalue weighted by atomic mass is 10.3. The predicted molar refractivity (Wildman–Crippen MR) is 54.1 cm³/mol. The molecule has 0 saturated carbocycles. The Labute approximate surface area is 82.8 Å². The molecule has 1 heterocycles. The molecule has 0 aliphatic heterocycles. The van der Waals surface area contributed by atoms with E-state index >= 15 is 0 Å². The van der Waals surface area contributed by atoms with Gasteiger partial charge in [0.2, 0.25) is 0 Å². The average molecular weight is 201 g/mol. The fourth-order valence-electron chi connectivity index (χ4n) is 0.959. The Kier molecular flexibility index (Phi) is 4.57. The van der Waals surface area contributed by atoms with Crippen molar-refractivity contribution in [1.82, 2.24) is 4.98 Å². The highest BCUT2D eigenvalue weighted by atomic mass is 35.5. The molecular weight excluding hydrogens is 188 g/mol. The Morgan fingerprint density at radius 2 is 2.31 bits per heavy atom. The van der Waals surface area contributed by atoms with Crippen LogP contribution in [0.25, 0.3) is 0 Å². The van der Waals surface area contributed by atoms with Gasteiger partial charge in [-0.05, 0) is 25.0 Å². The van der Waals surface area contributed by atoms with Crippen LogP contribution in [0.5, 0.6) is 0 Å². The van der Waals surface area contributed by atoms with Crippen LogP contribution >= 0.6 is 11.6 Å². The van der Waals surface area contributed by atoms with Gasteiger partial charge in [0, 0.05) is 19.3 Å². The molecular formula is C9H13ClN2O. The van der Waals surface area contributed by atoms with Gasteiger partial charge in [-0.3, -0.25) is 0 Å². The van der Waals surface area contributed by atoms with Crippen LogP contribution in [0, 0.1) is 0 Å². The van der Waals surface area contributed by atoms with E-state index in [-0.39, 0.29) is 6.61 Å². The van der Waals surface area contributed by atoms with Crippen LogP contribution in [0.4, 0.5) is 5.82 Å². The maximum absolute atomic E-state index is 8.55. The van der Waals surface area contributed by atoms with Crippen LogP contribution in [-0.4, -0.2) is 23.2 Å². The fraction of sp³-hybridized carbons (Fsp3) is 0.444. The van der Waals surface area contributed by atoms with Crippen molar-refractivity contribution in [2.75, 3.05) is 18.5 Å². The molecule has 0 fully saturated rings. The first kappa shape index (κ1) is 10.3. The van der Waals surface area contributed by atoms with Gasteiger partial charge in [-0.15, -0.1) is 0 Å².